The molecule has 0 spiro atoms. The number of nitrogens with one attached hydrogen (secondary N) is 1. The van der Waals surface area contributed by atoms with Crippen LogP contribution in [0.4, 0.5) is 0 Å². The maximum atomic E-state index is 13.1. The van der Waals surface area contributed by atoms with Gasteiger partial charge in [0.25, 0.3) is 0 Å². The third-order valence-electron chi connectivity index (χ3n) is 4.98. The van der Waals surface area contributed by atoms with Crippen molar-refractivity contribution in [3.63, 3.8) is 0 Å². The summed E-state index contributed by atoms with van der Waals surface area (Å²) in [6.07, 6.45) is 5.12. The number of piperidine rings is 1. The molecular formula is C24H28NO3+. The summed E-state index contributed by atoms with van der Waals surface area (Å²) >= 11 is 0. The Hall–Kier alpha value is -2.85. The molecule has 0 amide bonds. The molecule has 1 heterocycles. The molecule has 4 heteroatoms. The van der Waals surface area contributed by atoms with Gasteiger partial charge in [0, 0.05) is 0 Å². The van der Waals surface area contributed by atoms with Gasteiger partial charge in [-0.25, -0.2) is 0 Å². The molecule has 2 aromatic carbocycles. The van der Waals surface area contributed by atoms with Crippen molar-refractivity contribution in [2.75, 3.05) is 33.9 Å². The molecule has 0 aromatic heterocycles. The lowest BCUT2D eigenvalue weighted by molar-refractivity contribution is -0.891. The first kappa shape index (κ1) is 19.9. The average molecular weight is 378 g/mol. The molecule has 1 aliphatic rings. The number of ether oxygens (including phenoxy) is 2. The molecule has 1 saturated heterocycles. The lowest BCUT2D eigenvalue weighted by Crippen LogP contribution is -3.13. The standard InChI is InChI=1S/C24H27NO3/c1-4-13-25-16-20(14-18-5-9-22(27-2)10-6-18)24(26)21(17-25)15-19-7-11-23(28-3)12-8-19/h5-12,14-15H,4,13,16-17H2,1-3H3/p+1/b20-14+,21-15?. The van der Waals surface area contributed by atoms with E-state index in [0.717, 1.165) is 59.8 Å². The van der Waals surface area contributed by atoms with E-state index < -0.39 is 0 Å². The van der Waals surface area contributed by atoms with Crippen molar-refractivity contribution in [2.45, 2.75) is 13.3 Å². The van der Waals surface area contributed by atoms with E-state index in [-0.39, 0.29) is 5.78 Å². The third kappa shape index (κ3) is 4.90. The predicted molar refractivity (Wildman–Crippen MR) is 113 cm³/mol. The molecule has 146 valence electrons. The van der Waals surface area contributed by atoms with Gasteiger partial charge in [-0.15, -0.1) is 0 Å². The van der Waals surface area contributed by atoms with Crippen molar-refractivity contribution in [3.8, 4) is 11.5 Å². The highest BCUT2D eigenvalue weighted by Crippen LogP contribution is 2.19. The van der Waals surface area contributed by atoms with E-state index in [1.165, 1.54) is 4.90 Å². The van der Waals surface area contributed by atoms with E-state index in [1.807, 2.05) is 60.7 Å². The van der Waals surface area contributed by atoms with Crippen LogP contribution in [-0.4, -0.2) is 39.6 Å². The summed E-state index contributed by atoms with van der Waals surface area (Å²) in [5.74, 6) is 1.78. The zero-order valence-electron chi connectivity index (χ0n) is 16.8. The third-order valence-corrected chi connectivity index (χ3v) is 4.98. The second-order valence-electron chi connectivity index (χ2n) is 7.07. The van der Waals surface area contributed by atoms with E-state index >= 15 is 0 Å². The maximum Gasteiger partial charge on any atom is 0.196 e. The summed E-state index contributed by atoms with van der Waals surface area (Å²) in [6, 6.07) is 15.6. The van der Waals surface area contributed by atoms with Crippen LogP contribution >= 0.6 is 0 Å². The van der Waals surface area contributed by atoms with Crippen molar-refractivity contribution in [2.24, 2.45) is 0 Å². The highest BCUT2D eigenvalue weighted by molar-refractivity contribution is 6.14. The Labute approximate surface area is 167 Å². The number of rotatable bonds is 6. The largest absolute Gasteiger partial charge is 0.497 e. The van der Waals surface area contributed by atoms with Crippen molar-refractivity contribution >= 4 is 17.9 Å². The van der Waals surface area contributed by atoms with Crippen molar-refractivity contribution in [1.82, 2.24) is 0 Å². The molecular weight excluding hydrogens is 350 g/mol. The lowest BCUT2D eigenvalue weighted by atomic mass is 9.94. The fraction of sp³-hybridized carbons (Fsp3) is 0.292. The van der Waals surface area contributed by atoms with Gasteiger partial charge in [-0.05, 0) is 54.0 Å². The van der Waals surface area contributed by atoms with Gasteiger partial charge in [0.2, 0.25) is 0 Å². The SMILES string of the molecule is CCC[NH+]1CC(=Cc2ccc(OC)cc2)C(=O)/C(=C/c2ccc(OC)cc2)C1. The lowest BCUT2D eigenvalue weighted by Gasteiger charge is -2.26. The van der Waals surface area contributed by atoms with Crippen LogP contribution in [0, 0.1) is 0 Å². The van der Waals surface area contributed by atoms with Crippen molar-refractivity contribution in [3.05, 3.63) is 70.8 Å². The summed E-state index contributed by atoms with van der Waals surface area (Å²) in [4.78, 5) is 14.5. The number of ketones is 1. The fourth-order valence-electron chi connectivity index (χ4n) is 3.53. The second kappa shape index (κ2) is 9.38. The van der Waals surface area contributed by atoms with Gasteiger partial charge in [0.05, 0.1) is 31.9 Å². The number of hydrogen-bond acceptors (Lipinski definition) is 3. The summed E-state index contributed by atoms with van der Waals surface area (Å²) < 4.78 is 10.4. The first-order valence-electron chi connectivity index (χ1n) is 9.70. The number of carbonyl (C=O) groups excluding carboxylic acids is 1. The molecule has 0 saturated carbocycles. The number of methoxy groups -OCH3 is 2. The first-order valence-corrected chi connectivity index (χ1v) is 9.70. The molecule has 0 aliphatic carbocycles. The Kier molecular flexibility index (Phi) is 6.66. The van der Waals surface area contributed by atoms with E-state index in [2.05, 4.69) is 6.92 Å². The summed E-state index contributed by atoms with van der Waals surface area (Å²) in [5.41, 5.74) is 3.76. The number of hydrogen-bond donors (Lipinski definition) is 1. The van der Waals surface area contributed by atoms with Gasteiger partial charge in [-0.3, -0.25) is 4.79 Å². The topological polar surface area (TPSA) is 40.0 Å². The van der Waals surface area contributed by atoms with Gasteiger partial charge >= 0.3 is 0 Å². The average Bonchev–Trinajstić information content (AvgIpc) is 2.72. The Balaban J connectivity index is 1.90. The van der Waals surface area contributed by atoms with Crippen LogP contribution in [0.1, 0.15) is 24.5 Å². The van der Waals surface area contributed by atoms with Crippen LogP contribution in [0.15, 0.2) is 59.7 Å². The Morgan fingerprint density at radius 3 is 1.61 bits per heavy atom. The van der Waals surface area contributed by atoms with Gasteiger partial charge in [-0.2, -0.15) is 0 Å². The minimum Gasteiger partial charge on any atom is -0.497 e. The molecule has 1 fully saturated rings. The smallest absolute Gasteiger partial charge is 0.196 e. The van der Waals surface area contributed by atoms with Gasteiger partial charge < -0.3 is 14.4 Å². The van der Waals surface area contributed by atoms with Crippen LogP contribution in [0.25, 0.3) is 12.2 Å². The number of quaternary nitrogens is 1. The molecule has 3 rings (SSSR count). The molecule has 0 bridgehead atoms. The second-order valence-corrected chi connectivity index (χ2v) is 7.07. The Morgan fingerprint density at radius 1 is 0.821 bits per heavy atom. The summed E-state index contributed by atoms with van der Waals surface area (Å²) in [7, 11) is 3.31. The van der Waals surface area contributed by atoms with E-state index in [4.69, 9.17) is 9.47 Å². The molecule has 0 radical (unpaired) electrons. The number of Topliss-reactive ketones (excluding diaryl/α,β-unsaturated/α-hetero) is 1. The quantitative estimate of drug-likeness (QED) is 0.786. The zero-order valence-corrected chi connectivity index (χ0v) is 16.8. The molecule has 2 aromatic rings. The first-order chi connectivity index (χ1) is 13.6. The van der Waals surface area contributed by atoms with Gasteiger partial charge in [0.15, 0.2) is 5.78 Å². The predicted octanol–water partition coefficient (Wildman–Crippen LogP) is 3.05. The zero-order chi connectivity index (χ0) is 19.9. The summed E-state index contributed by atoms with van der Waals surface area (Å²) in [5, 5.41) is 0. The van der Waals surface area contributed by atoms with Crippen molar-refractivity contribution in [1.29, 1.82) is 0 Å². The van der Waals surface area contributed by atoms with E-state index in [9.17, 15) is 4.79 Å². The van der Waals surface area contributed by atoms with Crippen molar-refractivity contribution < 1.29 is 19.2 Å². The Bertz CT molecular complexity index is 794. The van der Waals surface area contributed by atoms with Gasteiger partial charge in [0.1, 0.15) is 24.6 Å². The van der Waals surface area contributed by atoms with Crippen LogP contribution in [0.5, 0.6) is 11.5 Å². The molecule has 1 N–H and O–H groups in total. The highest BCUT2D eigenvalue weighted by atomic mass is 16.5. The van der Waals surface area contributed by atoms with Crippen LogP contribution < -0.4 is 14.4 Å². The minimum absolute atomic E-state index is 0.145. The molecule has 1 unspecified atom stereocenters. The van der Waals surface area contributed by atoms with Crippen LogP contribution in [0.2, 0.25) is 0 Å². The highest BCUT2D eigenvalue weighted by Gasteiger charge is 2.28. The molecule has 1 aliphatic heterocycles. The van der Waals surface area contributed by atoms with Crippen LogP contribution in [-0.2, 0) is 4.79 Å². The minimum atomic E-state index is 0.145. The number of carbonyl (C=O) groups is 1. The Morgan fingerprint density at radius 2 is 1.25 bits per heavy atom. The summed E-state index contributed by atoms with van der Waals surface area (Å²) in [6.45, 7) is 4.76. The van der Waals surface area contributed by atoms with E-state index in [1.54, 1.807) is 14.2 Å². The molecule has 1 atom stereocenters. The number of benzene rings is 2. The van der Waals surface area contributed by atoms with Gasteiger partial charge in [-0.1, -0.05) is 31.2 Å². The fourth-order valence-corrected chi connectivity index (χ4v) is 3.53. The van der Waals surface area contributed by atoms with Crippen LogP contribution in [0.3, 0.4) is 0 Å². The molecule has 4 nitrogen and oxygen atoms in total. The molecule has 28 heavy (non-hydrogen) atoms. The maximum absolute atomic E-state index is 13.1. The van der Waals surface area contributed by atoms with E-state index in [0.29, 0.717) is 0 Å². The monoisotopic (exact) mass is 378 g/mol. The normalized spacial score (nSPS) is 19.8. The number of likely N-dealkylation sites (tertiary alicyclic amines) is 1.